The molecule has 0 aromatic heterocycles. The number of aryl methyl sites for hydroxylation is 1. The summed E-state index contributed by atoms with van der Waals surface area (Å²) in [7, 11) is 1.62. The maximum absolute atomic E-state index is 12.0. The van der Waals surface area contributed by atoms with Crippen molar-refractivity contribution in [3.63, 3.8) is 0 Å². The zero-order valence-electron chi connectivity index (χ0n) is 11.1. The van der Waals surface area contributed by atoms with E-state index in [-0.39, 0.29) is 5.78 Å². The minimum Gasteiger partial charge on any atom is -0.496 e. The van der Waals surface area contributed by atoms with Gasteiger partial charge >= 0.3 is 0 Å². The molecule has 2 nitrogen and oxygen atoms in total. The summed E-state index contributed by atoms with van der Waals surface area (Å²) in [5, 5.41) is 0. The third-order valence-electron chi connectivity index (χ3n) is 2.89. The normalized spacial score (nSPS) is 10.6. The first kappa shape index (κ1) is 13.1. The second-order valence-corrected chi connectivity index (χ2v) is 4.31. The van der Waals surface area contributed by atoms with E-state index in [1.54, 1.807) is 19.3 Å². The molecule has 2 rings (SSSR count). The van der Waals surface area contributed by atoms with Crippen molar-refractivity contribution in [2.75, 3.05) is 7.11 Å². The third-order valence-corrected chi connectivity index (χ3v) is 2.89. The van der Waals surface area contributed by atoms with Crippen molar-refractivity contribution in [1.82, 2.24) is 0 Å². The van der Waals surface area contributed by atoms with Crippen LogP contribution in [0.2, 0.25) is 0 Å². The Morgan fingerprint density at radius 3 is 2.42 bits per heavy atom. The zero-order valence-corrected chi connectivity index (χ0v) is 11.1. The lowest BCUT2D eigenvalue weighted by molar-refractivity contribution is 0.104. The number of ketones is 1. The highest BCUT2D eigenvalue weighted by Crippen LogP contribution is 2.19. The summed E-state index contributed by atoms with van der Waals surface area (Å²) in [5.41, 5.74) is 2.73. The average Bonchev–Trinajstić information content (AvgIpc) is 2.45. The minimum atomic E-state index is -0.00842. The van der Waals surface area contributed by atoms with E-state index in [1.165, 1.54) is 0 Å². The standard InChI is InChI=1S/C17H16O2/c1-13-7-9-14(10-8-13)16(18)12-11-15-5-3-4-6-17(15)19-2/h3-12H,1-2H3. The molecule has 0 saturated carbocycles. The van der Waals surface area contributed by atoms with Crippen LogP contribution in [0.3, 0.4) is 0 Å². The van der Waals surface area contributed by atoms with Gasteiger partial charge in [-0.25, -0.2) is 0 Å². The van der Waals surface area contributed by atoms with E-state index < -0.39 is 0 Å². The molecule has 0 saturated heterocycles. The summed E-state index contributed by atoms with van der Waals surface area (Å²) in [6.45, 7) is 2.00. The molecule has 2 heteroatoms. The first-order valence-electron chi connectivity index (χ1n) is 6.13. The Hall–Kier alpha value is -2.35. The molecule has 0 atom stereocenters. The number of methoxy groups -OCH3 is 1. The van der Waals surface area contributed by atoms with Crippen LogP contribution in [0.5, 0.6) is 5.75 Å². The first-order valence-corrected chi connectivity index (χ1v) is 6.13. The van der Waals surface area contributed by atoms with Crippen molar-refractivity contribution >= 4 is 11.9 Å². The smallest absolute Gasteiger partial charge is 0.185 e. The van der Waals surface area contributed by atoms with Gasteiger partial charge in [-0.2, -0.15) is 0 Å². The molecule has 2 aromatic rings. The molecule has 0 N–H and O–H groups in total. The Morgan fingerprint density at radius 2 is 1.74 bits per heavy atom. The van der Waals surface area contributed by atoms with Gasteiger partial charge in [-0.15, -0.1) is 0 Å². The van der Waals surface area contributed by atoms with E-state index in [0.29, 0.717) is 5.56 Å². The molecule has 19 heavy (non-hydrogen) atoms. The number of carbonyl (C=O) groups is 1. The van der Waals surface area contributed by atoms with Crippen LogP contribution in [-0.2, 0) is 0 Å². The number of benzene rings is 2. The van der Waals surface area contributed by atoms with Crippen LogP contribution >= 0.6 is 0 Å². The zero-order chi connectivity index (χ0) is 13.7. The van der Waals surface area contributed by atoms with Crippen LogP contribution < -0.4 is 4.74 Å². The Labute approximate surface area is 113 Å². The SMILES string of the molecule is COc1ccccc1C=CC(=O)c1ccc(C)cc1. The van der Waals surface area contributed by atoms with E-state index in [2.05, 4.69) is 0 Å². The summed E-state index contributed by atoms with van der Waals surface area (Å²) in [5.74, 6) is 0.751. The summed E-state index contributed by atoms with van der Waals surface area (Å²) in [4.78, 5) is 12.0. The summed E-state index contributed by atoms with van der Waals surface area (Å²) >= 11 is 0. The van der Waals surface area contributed by atoms with Gasteiger partial charge in [-0.1, -0.05) is 48.0 Å². The molecule has 0 heterocycles. The van der Waals surface area contributed by atoms with Crippen LogP contribution in [0.1, 0.15) is 21.5 Å². The molecular weight excluding hydrogens is 236 g/mol. The van der Waals surface area contributed by atoms with Gasteiger partial charge in [0.1, 0.15) is 5.75 Å². The van der Waals surface area contributed by atoms with E-state index in [4.69, 9.17) is 4.74 Å². The Balaban J connectivity index is 2.18. The van der Waals surface area contributed by atoms with Gasteiger partial charge in [0.25, 0.3) is 0 Å². The Kier molecular flexibility index (Phi) is 4.14. The van der Waals surface area contributed by atoms with Crippen LogP contribution in [0.4, 0.5) is 0 Å². The van der Waals surface area contributed by atoms with Crippen LogP contribution in [0.15, 0.2) is 54.6 Å². The molecule has 2 aromatic carbocycles. The monoisotopic (exact) mass is 252 g/mol. The predicted octanol–water partition coefficient (Wildman–Crippen LogP) is 3.90. The van der Waals surface area contributed by atoms with E-state index in [9.17, 15) is 4.79 Å². The van der Waals surface area contributed by atoms with E-state index in [1.807, 2.05) is 55.5 Å². The highest BCUT2D eigenvalue weighted by atomic mass is 16.5. The lowest BCUT2D eigenvalue weighted by atomic mass is 10.1. The Morgan fingerprint density at radius 1 is 1.05 bits per heavy atom. The Bertz CT molecular complexity index is 595. The molecule has 0 fully saturated rings. The van der Waals surface area contributed by atoms with E-state index in [0.717, 1.165) is 16.9 Å². The van der Waals surface area contributed by atoms with Gasteiger partial charge in [0.2, 0.25) is 0 Å². The number of rotatable bonds is 4. The van der Waals surface area contributed by atoms with Crippen molar-refractivity contribution < 1.29 is 9.53 Å². The number of para-hydroxylation sites is 1. The maximum Gasteiger partial charge on any atom is 0.185 e. The number of ether oxygens (including phenoxy) is 1. The molecule has 0 bridgehead atoms. The van der Waals surface area contributed by atoms with Gasteiger partial charge in [0, 0.05) is 11.1 Å². The molecule has 0 radical (unpaired) electrons. The highest BCUT2D eigenvalue weighted by molar-refractivity contribution is 6.06. The molecule has 0 unspecified atom stereocenters. The molecule has 0 amide bonds. The van der Waals surface area contributed by atoms with Crippen LogP contribution in [0.25, 0.3) is 6.08 Å². The van der Waals surface area contributed by atoms with Crippen LogP contribution in [0, 0.1) is 6.92 Å². The first-order chi connectivity index (χ1) is 9.20. The van der Waals surface area contributed by atoms with Gasteiger partial charge in [0.05, 0.1) is 7.11 Å². The number of carbonyl (C=O) groups excluding carboxylic acids is 1. The minimum absolute atomic E-state index is 0.00842. The largest absolute Gasteiger partial charge is 0.496 e. The van der Waals surface area contributed by atoms with Crippen molar-refractivity contribution in [3.8, 4) is 5.75 Å². The van der Waals surface area contributed by atoms with Crippen LogP contribution in [-0.4, -0.2) is 12.9 Å². The quantitative estimate of drug-likeness (QED) is 0.609. The van der Waals surface area contributed by atoms with Crippen molar-refractivity contribution in [2.45, 2.75) is 6.92 Å². The number of hydrogen-bond acceptors (Lipinski definition) is 2. The van der Waals surface area contributed by atoms with Gasteiger partial charge < -0.3 is 4.74 Å². The lowest BCUT2D eigenvalue weighted by Crippen LogP contribution is -1.94. The molecule has 0 aliphatic carbocycles. The third kappa shape index (κ3) is 3.32. The second kappa shape index (κ2) is 6.01. The molecule has 0 aliphatic rings. The number of allylic oxidation sites excluding steroid dienone is 1. The molecule has 96 valence electrons. The predicted molar refractivity (Wildman–Crippen MR) is 77.5 cm³/mol. The molecule has 0 aliphatic heterocycles. The second-order valence-electron chi connectivity index (χ2n) is 4.31. The van der Waals surface area contributed by atoms with Gasteiger partial charge in [0.15, 0.2) is 5.78 Å². The summed E-state index contributed by atoms with van der Waals surface area (Å²) in [6.07, 6.45) is 3.35. The molecule has 0 spiro atoms. The van der Waals surface area contributed by atoms with Gasteiger partial charge in [-0.05, 0) is 25.1 Å². The lowest BCUT2D eigenvalue weighted by Gasteiger charge is -2.03. The summed E-state index contributed by atoms with van der Waals surface area (Å²) in [6, 6.07) is 15.1. The highest BCUT2D eigenvalue weighted by Gasteiger charge is 2.02. The topological polar surface area (TPSA) is 26.3 Å². The van der Waals surface area contributed by atoms with Crippen molar-refractivity contribution in [2.24, 2.45) is 0 Å². The molecular formula is C17H16O2. The fraction of sp³-hybridized carbons (Fsp3) is 0.118. The fourth-order valence-corrected chi connectivity index (χ4v) is 1.78. The fourth-order valence-electron chi connectivity index (χ4n) is 1.78. The number of hydrogen-bond donors (Lipinski definition) is 0. The van der Waals surface area contributed by atoms with Gasteiger partial charge in [-0.3, -0.25) is 4.79 Å². The maximum atomic E-state index is 12.0. The van der Waals surface area contributed by atoms with E-state index >= 15 is 0 Å². The van der Waals surface area contributed by atoms with Crippen molar-refractivity contribution in [3.05, 3.63) is 71.3 Å². The average molecular weight is 252 g/mol. The summed E-state index contributed by atoms with van der Waals surface area (Å²) < 4.78 is 5.24. The van der Waals surface area contributed by atoms with Crippen molar-refractivity contribution in [1.29, 1.82) is 0 Å².